The minimum Gasteiger partial charge on any atom is -0.484 e. The van der Waals surface area contributed by atoms with Crippen molar-refractivity contribution in [2.75, 3.05) is 32.8 Å². The molecule has 0 atom stereocenters. The van der Waals surface area contributed by atoms with Gasteiger partial charge in [-0.3, -0.25) is 9.59 Å². The van der Waals surface area contributed by atoms with Crippen molar-refractivity contribution >= 4 is 21.7 Å². The van der Waals surface area contributed by atoms with E-state index in [9.17, 15) is 22.4 Å². The summed E-state index contributed by atoms with van der Waals surface area (Å²) in [6, 6.07) is 19.9. The molecule has 34 heavy (non-hydrogen) atoms. The average molecular weight is 483 g/mol. The van der Waals surface area contributed by atoms with Crippen LogP contribution < -0.4 is 4.74 Å². The highest BCUT2D eigenvalue weighted by Crippen LogP contribution is 2.18. The van der Waals surface area contributed by atoms with Gasteiger partial charge in [0.2, 0.25) is 10.0 Å². The third-order valence-electron chi connectivity index (χ3n) is 5.56. The normalized spacial score (nSPS) is 14.6. The first-order valence-corrected chi connectivity index (χ1v) is 12.1. The molecule has 1 aliphatic heterocycles. The molecule has 0 bridgehead atoms. The predicted octanol–water partition coefficient (Wildman–Crippen LogP) is 2.97. The lowest BCUT2D eigenvalue weighted by Crippen LogP contribution is -2.51. The van der Waals surface area contributed by atoms with Crippen molar-refractivity contribution in [1.29, 1.82) is 0 Å². The van der Waals surface area contributed by atoms with Crippen molar-refractivity contribution in [3.05, 3.63) is 95.8 Å². The summed E-state index contributed by atoms with van der Waals surface area (Å²) in [6.45, 7) is 0.780. The quantitative estimate of drug-likeness (QED) is 0.484. The van der Waals surface area contributed by atoms with Crippen LogP contribution in [0.4, 0.5) is 4.39 Å². The fourth-order valence-corrected chi connectivity index (χ4v) is 5.07. The second-order valence-electron chi connectivity index (χ2n) is 7.75. The first-order valence-electron chi connectivity index (χ1n) is 10.7. The fourth-order valence-electron chi connectivity index (χ4n) is 3.63. The first kappa shape index (κ1) is 23.6. The number of hydrogen-bond acceptors (Lipinski definition) is 5. The summed E-state index contributed by atoms with van der Waals surface area (Å²) in [5.74, 6) is -0.479. The molecule has 7 nitrogen and oxygen atoms in total. The van der Waals surface area contributed by atoms with Crippen LogP contribution in [0.25, 0.3) is 0 Å². The van der Waals surface area contributed by atoms with Crippen LogP contribution in [-0.4, -0.2) is 62.1 Å². The number of carbonyl (C=O) groups is 2. The van der Waals surface area contributed by atoms with Gasteiger partial charge in [0.25, 0.3) is 5.91 Å². The summed E-state index contributed by atoms with van der Waals surface area (Å²) in [7, 11) is -3.58. The molecular formula is C25H23FN2O5S. The molecule has 1 heterocycles. The highest BCUT2D eigenvalue weighted by molar-refractivity contribution is 7.89. The van der Waals surface area contributed by atoms with Crippen LogP contribution in [0.2, 0.25) is 0 Å². The van der Waals surface area contributed by atoms with Crippen LogP contribution in [0.1, 0.15) is 15.9 Å². The number of hydrogen-bond donors (Lipinski definition) is 0. The molecule has 1 fully saturated rings. The number of rotatable bonds is 7. The summed E-state index contributed by atoms with van der Waals surface area (Å²) < 4.78 is 45.4. The second kappa shape index (κ2) is 10.1. The summed E-state index contributed by atoms with van der Waals surface area (Å²) in [6.07, 6.45) is 0. The topological polar surface area (TPSA) is 84.0 Å². The number of sulfonamides is 1. The van der Waals surface area contributed by atoms with Crippen molar-refractivity contribution in [2.24, 2.45) is 0 Å². The van der Waals surface area contributed by atoms with Gasteiger partial charge in [0, 0.05) is 37.3 Å². The zero-order chi connectivity index (χ0) is 24.1. The van der Waals surface area contributed by atoms with E-state index in [2.05, 4.69) is 0 Å². The number of piperazine rings is 1. The Balaban J connectivity index is 1.28. The minimum absolute atomic E-state index is 0.198. The Kier molecular flexibility index (Phi) is 7.04. The van der Waals surface area contributed by atoms with Crippen LogP contribution in [0.15, 0.2) is 83.8 Å². The minimum atomic E-state index is -3.58. The number of amides is 1. The van der Waals surface area contributed by atoms with Gasteiger partial charge in [0.1, 0.15) is 11.6 Å². The molecule has 0 aliphatic carbocycles. The van der Waals surface area contributed by atoms with Gasteiger partial charge < -0.3 is 9.64 Å². The van der Waals surface area contributed by atoms with Gasteiger partial charge in [0.15, 0.2) is 12.4 Å². The second-order valence-corrected chi connectivity index (χ2v) is 9.68. The zero-order valence-corrected chi connectivity index (χ0v) is 19.1. The van der Waals surface area contributed by atoms with E-state index in [-0.39, 0.29) is 49.4 Å². The molecule has 1 amide bonds. The van der Waals surface area contributed by atoms with Crippen molar-refractivity contribution in [1.82, 2.24) is 9.21 Å². The van der Waals surface area contributed by atoms with Crippen molar-refractivity contribution in [2.45, 2.75) is 4.90 Å². The molecule has 1 saturated heterocycles. The maximum absolute atomic E-state index is 13.0. The Bertz CT molecular complexity index is 1250. The van der Waals surface area contributed by atoms with Crippen LogP contribution in [0.5, 0.6) is 5.75 Å². The Morgan fingerprint density at radius 1 is 0.794 bits per heavy atom. The molecule has 0 aromatic heterocycles. The smallest absolute Gasteiger partial charge is 0.260 e. The molecule has 4 rings (SSSR count). The summed E-state index contributed by atoms with van der Waals surface area (Å²) in [5, 5.41) is 0. The maximum Gasteiger partial charge on any atom is 0.260 e. The molecule has 9 heteroatoms. The molecule has 3 aromatic rings. The van der Waals surface area contributed by atoms with Gasteiger partial charge in [-0.25, -0.2) is 12.8 Å². The Morgan fingerprint density at radius 2 is 1.35 bits per heavy atom. The van der Waals surface area contributed by atoms with E-state index in [0.29, 0.717) is 16.9 Å². The maximum atomic E-state index is 13.0. The number of nitrogens with zero attached hydrogens (tertiary/aromatic N) is 2. The monoisotopic (exact) mass is 482 g/mol. The number of halogens is 1. The Morgan fingerprint density at radius 3 is 1.94 bits per heavy atom. The Labute approximate surface area is 197 Å². The lowest BCUT2D eigenvalue weighted by Gasteiger charge is -2.33. The molecular weight excluding hydrogens is 459 g/mol. The van der Waals surface area contributed by atoms with Gasteiger partial charge >= 0.3 is 0 Å². The van der Waals surface area contributed by atoms with Gasteiger partial charge in [-0.2, -0.15) is 4.31 Å². The lowest BCUT2D eigenvalue weighted by molar-refractivity contribution is -0.134. The van der Waals surface area contributed by atoms with E-state index in [0.717, 1.165) is 0 Å². The summed E-state index contributed by atoms with van der Waals surface area (Å²) >= 11 is 0. The zero-order valence-electron chi connectivity index (χ0n) is 18.3. The molecule has 0 N–H and O–H groups in total. The van der Waals surface area contributed by atoms with E-state index in [1.54, 1.807) is 59.5 Å². The molecule has 0 radical (unpaired) electrons. The number of ether oxygens (including phenoxy) is 1. The van der Waals surface area contributed by atoms with Crippen molar-refractivity contribution in [3.63, 3.8) is 0 Å². The lowest BCUT2D eigenvalue weighted by atomic mass is 10.0. The fraction of sp³-hybridized carbons (Fsp3) is 0.200. The van der Waals surface area contributed by atoms with Crippen LogP contribution >= 0.6 is 0 Å². The van der Waals surface area contributed by atoms with Gasteiger partial charge in [-0.15, -0.1) is 0 Å². The SMILES string of the molecule is O=C(c1ccc(F)cc1)c1ccc(OCC(=O)N2CCN(S(=O)(=O)c3ccccc3)CC2)cc1. The summed E-state index contributed by atoms with van der Waals surface area (Å²) in [4.78, 5) is 26.8. The molecule has 0 saturated carbocycles. The first-order chi connectivity index (χ1) is 16.3. The van der Waals surface area contributed by atoms with Gasteiger partial charge in [0.05, 0.1) is 4.90 Å². The van der Waals surface area contributed by atoms with Crippen LogP contribution in [-0.2, 0) is 14.8 Å². The van der Waals surface area contributed by atoms with Crippen LogP contribution in [0.3, 0.4) is 0 Å². The Hall–Kier alpha value is -3.56. The highest BCUT2D eigenvalue weighted by atomic mass is 32.2. The molecule has 176 valence electrons. The molecule has 3 aromatic carbocycles. The van der Waals surface area contributed by atoms with E-state index >= 15 is 0 Å². The van der Waals surface area contributed by atoms with Crippen molar-refractivity contribution in [3.8, 4) is 5.75 Å². The third-order valence-corrected chi connectivity index (χ3v) is 7.47. The summed E-state index contributed by atoms with van der Waals surface area (Å²) in [5.41, 5.74) is 0.791. The number of ketones is 1. The molecule has 0 spiro atoms. The van der Waals surface area contributed by atoms with E-state index in [4.69, 9.17) is 4.74 Å². The highest BCUT2D eigenvalue weighted by Gasteiger charge is 2.30. The number of carbonyl (C=O) groups excluding carboxylic acids is 2. The van der Waals surface area contributed by atoms with Crippen molar-refractivity contribution < 1.29 is 27.1 Å². The van der Waals surface area contributed by atoms with Crippen LogP contribution in [0, 0.1) is 5.82 Å². The molecule has 1 aliphatic rings. The number of benzene rings is 3. The predicted molar refractivity (Wildman–Crippen MR) is 124 cm³/mol. The van der Waals surface area contributed by atoms with E-state index in [1.165, 1.54) is 28.6 Å². The third kappa shape index (κ3) is 5.32. The molecule has 0 unspecified atom stereocenters. The van der Waals surface area contributed by atoms with Gasteiger partial charge in [-0.1, -0.05) is 18.2 Å². The standard InChI is InChI=1S/C25H23FN2O5S/c26-21-10-6-19(7-11-21)25(30)20-8-12-22(13-9-20)33-18-24(29)27-14-16-28(17-15-27)34(31,32)23-4-2-1-3-5-23/h1-13H,14-18H2. The largest absolute Gasteiger partial charge is 0.484 e. The van der Waals surface area contributed by atoms with Gasteiger partial charge in [-0.05, 0) is 60.7 Å². The van der Waals surface area contributed by atoms with E-state index < -0.39 is 15.8 Å². The average Bonchev–Trinajstić information content (AvgIpc) is 2.88. The van der Waals surface area contributed by atoms with E-state index in [1.807, 2.05) is 0 Å².